The lowest BCUT2D eigenvalue weighted by atomic mass is 10.1. The summed E-state index contributed by atoms with van der Waals surface area (Å²) in [6.07, 6.45) is 1.48. The molecule has 0 atom stereocenters. The minimum absolute atomic E-state index is 0.122. The molecule has 0 spiro atoms. The number of primary amides is 1. The molecule has 1 heterocycles. The van der Waals surface area contributed by atoms with Gasteiger partial charge in [-0.1, -0.05) is 12.1 Å². The summed E-state index contributed by atoms with van der Waals surface area (Å²) in [7, 11) is 0. The van der Waals surface area contributed by atoms with E-state index in [4.69, 9.17) is 5.73 Å². The molecule has 3 rings (SSSR count). The van der Waals surface area contributed by atoms with Crippen molar-refractivity contribution in [2.45, 2.75) is 0 Å². The Morgan fingerprint density at radius 2 is 2.00 bits per heavy atom. The Labute approximate surface area is 118 Å². The molecule has 0 aliphatic rings. The number of nitro groups is 1. The van der Waals surface area contributed by atoms with Gasteiger partial charge in [0.05, 0.1) is 16.0 Å². The minimum atomic E-state index is -0.643. The van der Waals surface area contributed by atoms with E-state index in [-0.39, 0.29) is 16.9 Å². The highest BCUT2D eigenvalue weighted by Crippen LogP contribution is 2.27. The standard InChI is InChI=1S/C14H10N4O3/c15-14(19)9-5-6-12(18(20)21)13(7-9)17-8-16-10-3-1-2-4-11(10)17/h1-8H,(H2,15,19). The van der Waals surface area contributed by atoms with Crippen molar-refractivity contribution in [1.29, 1.82) is 0 Å². The average Bonchev–Trinajstić information content (AvgIpc) is 2.90. The molecule has 1 aromatic heterocycles. The zero-order valence-electron chi connectivity index (χ0n) is 10.8. The molecule has 3 aromatic rings. The number of nitrogens with zero attached hydrogens (tertiary/aromatic N) is 3. The Morgan fingerprint density at radius 3 is 2.71 bits per heavy atom. The van der Waals surface area contributed by atoms with Crippen molar-refractivity contribution in [3.05, 3.63) is 64.5 Å². The maximum Gasteiger partial charge on any atom is 0.293 e. The minimum Gasteiger partial charge on any atom is -0.366 e. The maximum atomic E-state index is 11.3. The third kappa shape index (κ3) is 2.10. The van der Waals surface area contributed by atoms with E-state index in [0.29, 0.717) is 11.0 Å². The first-order valence-corrected chi connectivity index (χ1v) is 6.08. The third-order valence-corrected chi connectivity index (χ3v) is 3.17. The number of carbonyl (C=O) groups excluding carboxylic acids is 1. The van der Waals surface area contributed by atoms with Gasteiger partial charge in [0.25, 0.3) is 5.69 Å². The molecule has 7 nitrogen and oxygen atoms in total. The molecular formula is C14H10N4O3. The quantitative estimate of drug-likeness (QED) is 0.586. The topological polar surface area (TPSA) is 104 Å². The normalized spacial score (nSPS) is 10.7. The summed E-state index contributed by atoms with van der Waals surface area (Å²) < 4.78 is 1.57. The SMILES string of the molecule is NC(=O)c1ccc([N+](=O)[O-])c(-n2cnc3ccccc32)c1. The number of amides is 1. The average molecular weight is 282 g/mol. The van der Waals surface area contributed by atoms with E-state index >= 15 is 0 Å². The van der Waals surface area contributed by atoms with Crippen molar-refractivity contribution in [3.63, 3.8) is 0 Å². The van der Waals surface area contributed by atoms with Gasteiger partial charge < -0.3 is 5.73 Å². The number of fused-ring (bicyclic) bond motifs is 1. The lowest BCUT2D eigenvalue weighted by Crippen LogP contribution is -2.12. The Balaban J connectivity index is 2.31. The van der Waals surface area contributed by atoms with Crippen molar-refractivity contribution in [2.75, 3.05) is 0 Å². The van der Waals surface area contributed by atoms with Gasteiger partial charge >= 0.3 is 0 Å². The van der Waals surface area contributed by atoms with E-state index in [1.165, 1.54) is 24.5 Å². The van der Waals surface area contributed by atoms with Crippen LogP contribution in [0.4, 0.5) is 5.69 Å². The molecule has 0 unspecified atom stereocenters. The van der Waals surface area contributed by atoms with Gasteiger partial charge in [-0.15, -0.1) is 0 Å². The zero-order valence-corrected chi connectivity index (χ0v) is 10.8. The molecule has 0 radical (unpaired) electrons. The fraction of sp³-hybridized carbons (Fsp3) is 0. The summed E-state index contributed by atoms with van der Waals surface area (Å²) in [5.74, 6) is -0.643. The van der Waals surface area contributed by atoms with Gasteiger partial charge in [-0.3, -0.25) is 19.5 Å². The number of carbonyl (C=O) groups is 1. The third-order valence-electron chi connectivity index (χ3n) is 3.17. The molecule has 7 heteroatoms. The second-order valence-corrected chi connectivity index (χ2v) is 4.43. The van der Waals surface area contributed by atoms with E-state index in [0.717, 1.165) is 0 Å². The summed E-state index contributed by atoms with van der Waals surface area (Å²) in [5.41, 5.74) is 6.99. The van der Waals surface area contributed by atoms with Crippen LogP contribution >= 0.6 is 0 Å². The van der Waals surface area contributed by atoms with Gasteiger partial charge in [-0.2, -0.15) is 0 Å². The molecule has 0 saturated carbocycles. The van der Waals surface area contributed by atoms with Crippen LogP contribution in [-0.4, -0.2) is 20.4 Å². The van der Waals surface area contributed by atoms with E-state index in [1.807, 2.05) is 12.1 Å². The fourth-order valence-electron chi connectivity index (χ4n) is 2.18. The number of imidazole rings is 1. The van der Waals surface area contributed by atoms with Crippen LogP contribution in [0.25, 0.3) is 16.7 Å². The van der Waals surface area contributed by atoms with Crippen LogP contribution in [0.15, 0.2) is 48.8 Å². The van der Waals surface area contributed by atoms with Crippen LogP contribution in [0.5, 0.6) is 0 Å². The Kier molecular flexibility index (Phi) is 2.87. The number of benzene rings is 2. The van der Waals surface area contributed by atoms with Crippen molar-refractivity contribution in [1.82, 2.24) is 9.55 Å². The maximum absolute atomic E-state index is 11.3. The van der Waals surface area contributed by atoms with Crippen molar-refractivity contribution in [2.24, 2.45) is 5.73 Å². The predicted molar refractivity (Wildman–Crippen MR) is 76.2 cm³/mol. The molecule has 2 aromatic carbocycles. The van der Waals surface area contributed by atoms with Crippen LogP contribution in [0.3, 0.4) is 0 Å². The summed E-state index contributed by atoms with van der Waals surface area (Å²) in [4.78, 5) is 26.2. The number of aromatic nitrogens is 2. The molecular weight excluding hydrogens is 272 g/mol. The fourth-order valence-corrected chi connectivity index (χ4v) is 2.18. The molecule has 0 aliphatic carbocycles. The highest BCUT2D eigenvalue weighted by molar-refractivity contribution is 5.94. The Bertz CT molecular complexity index is 870. The Morgan fingerprint density at radius 1 is 1.24 bits per heavy atom. The van der Waals surface area contributed by atoms with Gasteiger partial charge in [0.1, 0.15) is 12.0 Å². The van der Waals surface area contributed by atoms with Gasteiger partial charge in [0.2, 0.25) is 5.91 Å². The molecule has 0 fully saturated rings. The van der Waals surface area contributed by atoms with Crippen LogP contribution in [0.1, 0.15) is 10.4 Å². The first-order valence-electron chi connectivity index (χ1n) is 6.08. The van der Waals surface area contributed by atoms with Crippen molar-refractivity contribution in [3.8, 4) is 5.69 Å². The number of rotatable bonds is 3. The summed E-state index contributed by atoms with van der Waals surface area (Å²) in [5, 5.41) is 11.2. The van der Waals surface area contributed by atoms with Crippen molar-refractivity contribution < 1.29 is 9.72 Å². The molecule has 2 N–H and O–H groups in total. The van der Waals surface area contributed by atoms with Crippen LogP contribution < -0.4 is 5.73 Å². The Hall–Kier alpha value is -3.22. The van der Waals surface area contributed by atoms with Crippen LogP contribution in [-0.2, 0) is 0 Å². The van der Waals surface area contributed by atoms with E-state index in [1.54, 1.807) is 16.7 Å². The smallest absolute Gasteiger partial charge is 0.293 e. The van der Waals surface area contributed by atoms with Crippen LogP contribution in [0.2, 0.25) is 0 Å². The van der Waals surface area contributed by atoms with Gasteiger partial charge in [-0.25, -0.2) is 4.98 Å². The molecule has 0 saturated heterocycles. The molecule has 0 bridgehead atoms. The van der Waals surface area contributed by atoms with Gasteiger partial charge in [0.15, 0.2) is 0 Å². The number of hydrogen-bond acceptors (Lipinski definition) is 4. The lowest BCUT2D eigenvalue weighted by molar-refractivity contribution is -0.384. The molecule has 1 amide bonds. The summed E-state index contributed by atoms with van der Waals surface area (Å²) in [6, 6.07) is 11.2. The number of para-hydroxylation sites is 2. The second-order valence-electron chi connectivity index (χ2n) is 4.43. The number of hydrogen-bond donors (Lipinski definition) is 1. The van der Waals surface area contributed by atoms with Crippen molar-refractivity contribution >= 4 is 22.6 Å². The summed E-state index contributed by atoms with van der Waals surface area (Å²) >= 11 is 0. The van der Waals surface area contributed by atoms with E-state index < -0.39 is 10.8 Å². The first kappa shape index (κ1) is 12.8. The van der Waals surface area contributed by atoms with Gasteiger partial charge in [-0.05, 0) is 24.3 Å². The largest absolute Gasteiger partial charge is 0.366 e. The highest BCUT2D eigenvalue weighted by atomic mass is 16.6. The molecule has 21 heavy (non-hydrogen) atoms. The van der Waals surface area contributed by atoms with E-state index in [9.17, 15) is 14.9 Å². The van der Waals surface area contributed by atoms with Crippen LogP contribution in [0, 0.1) is 10.1 Å². The van der Waals surface area contributed by atoms with E-state index in [2.05, 4.69) is 4.98 Å². The summed E-state index contributed by atoms with van der Waals surface area (Å²) in [6.45, 7) is 0. The first-order chi connectivity index (χ1) is 10.1. The number of nitro benzene ring substituents is 1. The predicted octanol–water partition coefficient (Wildman–Crippen LogP) is 2.03. The molecule has 0 aliphatic heterocycles. The zero-order chi connectivity index (χ0) is 15.0. The van der Waals surface area contributed by atoms with Gasteiger partial charge in [0, 0.05) is 11.6 Å². The highest BCUT2D eigenvalue weighted by Gasteiger charge is 2.19. The molecule has 104 valence electrons. The second kappa shape index (κ2) is 4.71. The lowest BCUT2D eigenvalue weighted by Gasteiger charge is -2.07. The monoisotopic (exact) mass is 282 g/mol. The number of nitrogens with two attached hydrogens (primary N) is 1.